The highest BCUT2D eigenvalue weighted by molar-refractivity contribution is 7.88. The summed E-state index contributed by atoms with van der Waals surface area (Å²) in [6.07, 6.45) is -0.251. The summed E-state index contributed by atoms with van der Waals surface area (Å²) in [4.78, 5) is 22.1. The first-order valence-corrected chi connectivity index (χ1v) is 8.22. The van der Waals surface area contributed by atoms with E-state index in [-0.39, 0.29) is 6.61 Å². The number of carbonyl (C=O) groups excluding carboxylic acids is 2. The van der Waals surface area contributed by atoms with Crippen molar-refractivity contribution in [2.75, 3.05) is 19.8 Å². The average Bonchev–Trinajstić information content (AvgIpc) is 2.34. The normalized spacial score (nSPS) is 11.0. The van der Waals surface area contributed by atoms with Gasteiger partial charge in [0.25, 0.3) is 0 Å². The molecule has 0 saturated carbocycles. The SMILES string of the molecule is CCCO.CCOC(=O)CNS(=O)(=O)NC(=O)OC(C)(C)C. The molecule has 0 heterocycles. The van der Waals surface area contributed by atoms with Crippen LogP contribution in [0.2, 0.25) is 0 Å². The summed E-state index contributed by atoms with van der Waals surface area (Å²) in [5.74, 6) is -0.743. The van der Waals surface area contributed by atoms with E-state index in [4.69, 9.17) is 9.84 Å². The zero-order chi connectivity index (χ0) is 17.8. The van der Waals surface area contributed by atoms with Gasteiger partial charge in [-0.2, -0.15) is 13.1 Å². The third-order valence-corrected chi connectivity index (χ3v) is 2.51. The van der Waals surface area contributed by atoms with E-state index in [0.717, 1.165) is 6.42 Å². The molecule has 22 heavy (non-hydrogen) atoms. The van der Waals surface area contributed by atoms with Crippen LogP contribution in [0.1, 0.15) is 41.0 Å². The van der Waals surface area contributed by atoms with Crippen LogP contribution in [0.5, 0.6) is 0 Å². The molecule has 0 unspecified atom stereocenters. The lowest BCUT2D eigenvalue weighted by atomic mass is 10.2. The first kappa shape index (κ1) is 22.9. The number of carbonyl (C=O) groups is 2. The molecule has 9 nitrogen and oxygen atoms in total. The number of rotatable bonds is 6. The number of nitrogens with one attached hydrogen (secondary N) is 2. The quantitative estimate of drug-likeness (QED) is 0.591. The maximum atomic E-state index is 11.3. The molecule has 0 spiro atoms. The van der Waals surface area contributed by atoms with Gasteiger partial charge in [-0.1, -0.05) is 6.92 Å². The molecule has 10 heteroatoms. The highest BCUT2D eigenvalue weighted by atomic mass is 32.2. The van der Waals surface area contributed by atoms with Crippen LogP contribution in [0.4, 0.5) is 4.79 Å². The minimum absolute atomic E-state index is 0.139. The molecule has 0 aromatic rings. The molecular weight excluding hydrogens is 316 g/mol. The van der Waals surface area contributed by atoms with Crippen LogP contribution < -0.4 is 9.44 Å². The van der Waals surface area contributed by atoms with Gasteiger partial charge in [0.2, 0.25) is 0 Å². The Hall–Kier alpha value is -1.39. The highest BCUT2D eigenvalue weighted by Crippen LogP contribution is 2.06. The average molecular weight is 342 g/mol. The fraction of sp³-hybridized carbons (Fsp3) is 0.833. The van der Waals surface area contributed by atoms with Crippen molar-refractivity contribution in [2.45, 2.75) is 46.6 Å². The van der Waals surface area contributed by atoms with Gasteiger partial charge in [-0.15, -0.1) is 0 Å². The molecule has 0 rings (SSSR count). The second-order valence-electron chi connectivity index (χ2n) is 4.96. The second-order valence-corrected chi connectivity index (χ2v) is 6.46. The third kappa shape index (κ3) is 16.7. The predicted molar refractivity (Wildman–Crippen MR) is 80.3 cm³/mol. The molecule has 0 aliphatic heterocycles. The molecular formula is C12H26N2O7S. The Morgan fingerprint density at radius 3 is 2.05 bits per heavy atom. The molecule has 0 bridgehead atoms. The summed E-state index contributed by atoms with van der Waals surface area (Å²) >= 11 is 0. The van der Waals surface area contributed by atoms with Gasteiger partial charge in [0.05, 0.1) is 6.61 Å². The zero-order valence-corrected chi connectivity index (χ0v) is 14.4. The van der Waals surface area contributed by atoms with Crippen LogP contribution in [-0.2, 0) is 24.5 Å². The van der Waals surface area contributed by atoms with E-state index in [1.165, 1.54) is 0 Å². The Bertz CT molecular complexity index is 427. The number of hydrogen-bond donors (Lipinski definition) is 3. The molecule has 0 aromatic heterocycles. The number of hydrogen-bond acceptors (Lipinski definition) is 7. The Kier molecular flexibility index (Phi) is 11.7. The molecule has 0 fully saturated rings. The number of esters is 1. The van der Waals surface area contributed by atoms with Gasteiger partial charge in [-0.3, -0.25) is 4.79 Å². The smallest absolute Gasteiger partial charge is 0.422 e. The molecule has 0 atom stereocenters. The van der Waals surface area contributed by atoms with Crippen molar-refractivity contribution in [3.8, 4) is 0 Å². The maximum Gasteiger partial charge on any atom is 0.422 e. The van der Waals surface area contributed by atoms with Crippen LogP contribution in [-0.4, -0.2) is 50.9 Å². The van der Waals surface area contributed by atoms with Crippen molar-refractivity contribution in [2.24, 2.45) is 0 Å². The van der Waals surface area contributed by atoms with Gasteiger partial charge in [0, 0.05) is 6.61 Å². The van der Waals surface area contributed by atoms with E-state index >= 15 is 0 Å². The van der Waals surface area contributed by atoms with Crippen molar-refractivity contribution in [3.63, 3.8) is 0 Å². The van der Waals surface area contributed by atoms with E-state index in [1.54, 1.807) is 32.4 Å². The van der Waals surface area contributed by atoms with Gasteiger partial charge >= 0.3 is 22.3 Å². The maximum absolute atomic E-state index is 11.3. The molecule has 0 aliphatic rings. The zero-order valence-electron chi connectivity index (χ0n) is 13.6. The van der Waals surface area contributed by atoms with Crippen molar-refractivity contribution in [1.82, 2.24) is 9.44 Å². The second kappa shape index (κ2) is 11.2. The van der Waals surface area contributed by atoms with Gasteiger partial charge in [-0.25, -0.2) is 9.52 Å². The molecule has 0 aliphatic carbocycles. The molecule has 0 saturated heterocycles. The van der Waals surface area contributed by atoms with Crippen LogP contribution in [0, 0.1) is 0 Å². The van der Waals surface area contributed by atoms with E-state index < -0.39 is 34.4 Å². The summed E-state index contributed by atoms with van der Waals surface area (Å²) in [6, 6.07) is 0. The predicted octanol–water partition coefficient (Wildman–Crippen LogP) is 0.297. The summed E-state index contributed by atoms with van der Waals surface area (Å²) in [6.45, 7) is 8.18. The Morgan fingerprint density at radius 2 is 1.68 bits per heavy atom. The molecule has 0 radical (unpaired) electrons. The van der Waals surface area contributed by atoms with Crippen LogP contribution in [0.25, 0.3) is 0 Å². The lowest BCUT2D eigenvalue weighted by Gasteiger charge is -2.19. The van der Waals surface area contributed by atoms with E-state index in [9.17, 15) is 18.0 Å². The van der Waals surface area contributed by atoms with E-state index in [1.807, 2.05) is 11.6 Å². The lowest BCUT2D eigenvalue weighted by molar-refractivity contribution is -0.141. The third-order valence-electron chi connectivity index (χ3n) is 1.55. The highest BCUT2D eigenvalue weighted by Gasteiger charge is 2.21. The fourth-order valence-electron chi connectivity index (χ4n) is 0.811. The topological polar surface area (TPSA) is 131 Å². The summed E-state index contributed by atoms with van der Waals surface area (Å²) in [7, 11) is -4.14. The fourth-order valence-corrected chi connectivity index (χ4v) is 1.45. The molecule has 3 N–H and O–H groups in total. The van der Waals surface area contributed by atoms with E-state index in [2.05, 4.69) is 4.74 Å². The van der Waals surface area contributed by atoms with Crippen LogP contribution in [0.15, 0.2) is 0 Å². The number of aliphatic hydroxyl groups excluding tert-OH is 1. The molecule has 132 valence electrons. The molecule has 1 amide bonds. The largest absolute Gasteiger partial charge is 0.465 e. The van der Waals surface area contributed by atoms with Crippen LogP contribution >= 0.6 is 0 Å². The Balaban J connectivity index is 0. The van der Waals surface area contributed by atoms with Gasteiger partial charge in [0.15, 0.2) is 0 Å². The first-order chi connectivity index (χ1) is 9.97. The van der Waals surface area contributed by atoms with Gasteiger partial charge in [-0.05, 0) is 34.1 Å². The first-order valence-electron chi connectivity index (χ1n) is 6.74. The summed E-state index contributed by atoms with van der Waals surface area (Å²) in [5.41, 5.74) is -0.819. The summed E-state index contributed by atoms with van der Waals surface area (Å²) < 4.78 is 35.3. The minimum Gasteiger partial charge on any atom is -0.465 e. The minimum atomic E-state index is -4.14. The van der Waals surface area contributed by atoms with Crippen molar-refractivity contribution in [1.29, 1.82) is 0 Å². The Labute approximate surface area is 131 Å². The van der Waals surface area contributed by atoms with Crippen molar-refractivity contribution >= 4 is 22.3 Å². The number of amides is 1. The van der Waals surface area contributed by atoms with Gasteiger partial charge < -0.3 is 14.6 Å². The standard InChI is InChI=1S/C9H18N2O6S.C3H8O/c1-5-16-7(12)6-10-18(14,15)11-8(13)17-9(2,3)4;1-2-3-4/h10H,5-6H2,1-4H3,(H,11,13);4H,2-3H2,1H3. The van der Waals surface area contributed by atoms with Crippen LogP contribution in [0.3, 0.4) is 0 Å². The Morgan fingerprint density at radius 1 is 1.18 bits per heavy atom. The van der Waals surface area contributed by atoms with Crippen molar-refractivity contribution < 1.29 is 32.6 Å². The number of aliphatic hydroxyl groups is 1. The van der Waals surface area contributed by atoms with Crippen molar-refractivity contribution in [3.05, 3.63) is 0 Å². The molecule has 0 aromatic carbocycles. The van der Waals surface area contributed by atoms with Gasteiger partial charge in [0.1, 0.15) is 12.1 Å². The lowest BCUT2D eigenvalue weighted by Crippen LogP contribution is -2.44. The number of ether oxygens (including phenoxy) is 2. The monoisotopic (exact) mass is 342 g/mol. The summed E-state index contributed by atoms with van der Waals surface area (Å²) in [5, 5.41) is 7.88. The van der Waals surface area contributed by atoms with E-state index in [0.29, 0.717) is 6.61 Å².